The fourth-order valence-electron chi connectivity index (χ4n) is 3.10. The van der Waals surface area contributed by atoms with E-state index in [1.807, 2.05) is 14.0 Å². The maximum Gasteiger partial charge on any atom is 0.123 e. The number of aliphatic hydroxyl groups is 1. The second kappa shape index (κ2) is 6.14. The van der Waals surface area contributed by atoms with E-state index in [2.05, 4.69) is 31.3 Å². The summed E-state index contributed by atoms with van der Waals surface area (Å²) in [6, 6.07) is 0. The van der Waals surface area contributed by atoms with E-state index in [4.69, 9.17) is 0 Å². The first-order valence-electron chi connectivity index (χ1n) is 7.68. The number of hydrogen-bond donors (Lipinski definition) is 1. The van der Waals surface area contributed by atoms with E-state index in [0.29, 0.717) is 6.54 Å². The second-order valence-electron chi connectivity index (χ2n) is 6.18. The highest BCUT2D eigenvalue weighted by molar-refractivity contribution is 5.13. The van der Waals surface area contributed by atoms with E-state index in [-0.39, 0.29) is 12.0 Å². The van der Waals surface area contributed by atoms with Crippen LogP contribution in [0.25, 0.3) is 0 Å². The molecule has 0 aromatic carbocycles. The number of likely N-dealkylation sites (tertiary alicyclic amines) is 1. The molecule has 1 N–H and O–H groups in total. The van der Waals surface area contributed by atoms with E-state index in [1.54, 1.807) is 18.6 Å². The average molecular weight is 301 g/mol. The molecule has 22 heavy (non-hydrogen) atoms. The van der Waals surface area contributed by atoms with Gasteiger partial charge in [-0.05, 0) is 20.3 Å². The fraction of sp³-hybridized carbons (Fsp3) is 0.562. The molecule has 0 amide bonds. The molecule has 6 nitrogen and oxygen atoms in total. The first-order valence-corrected chi connectivity index (χ1v) is 7.68. The molecule has 1 fully saturated rings. The normalized spacial score (nSPS) is 22.4. The Bertz CT molecular complexity index is 639. The van der Waals surface area contributed by atoms with Gasteiger partial charge in [-0.25, -0.2) is 4.98 Å². The zero-order valence-electron chi connectivity index (χ0n) is 13.4. The quantitative estimate of drug-likeness (QED) is 0.907. The Morgan fingerprint density at radius 3 is 2.73 bits per heavy atom. The first-order chi connectivity index (χ1) is 10.5. The number of aliphatic hydroxyl groups excluding tert-OH is 1. The molecule has 0 aliphatic carbocycles. The molecule has 1 saturated heterocycles. The minimum absolute atomic E-state index is 0.208. The molecule has 2 aromatic heterocycles. The summed E-state index contributed by atoms with van der Waals surface area (Å²) in [6.45, 7) is 6.45. The van der Waals surface area contributed by atoms with Gasteiger partial charge < -0.3 is 9.67 Å². The van der Waals surface area contributed by atoms with E-state index in [9.17, 15) is 5.11 Å². The number of nitrogens with zero attached hydrogens (tertiary/aromatic N) is 5. The molecule has 3 rings (SSSR count). The summed E-state index contributed by atoms with van der Waals surface area (Å²) < 4.78 is 2.14. The van der Waals surface area contributed by atoms with Crippen molar-refractivity contribution in [3.05, 3.63) is 41.5 Å². The van der Waals surface area contributed by atoms with Gasteiger partial charge in [0.05, 0.1) is 24.0 Å². The van der Waals surface area contributed by atoms with Crippen LogP contribution < -0.4 is 0 Å². The molecule has 118 valence electrons. The number of imidazole rings is 1. The molecular weight excluding hydrogens is 278 g/mol. The largest absolute Gasteiger partial charge is 0.391 e. The third-order valence-corrected chi connectivity index (χ3v) is 4.65. The predicted molar refractivity (Wildman–Crippen MR) is 83.2 cm³/mol. The Labute approximate surface area is 130 Å². The van der Waals surface area contributed by atoms with Crippen LogP contribution in [0.4, 0.5) is 0 Å². The predicted octanol–water partition coefficient (Wildman–Crippen LogP) is 0.862. The highest BCUT2D eigenvalue weighted by atomic mass is 16.3. The van der Waals surface area contributed by atoms with E-state index in [1.165, 1.54) is 5.69 Å². The summed E-state index contributed by atoms with van der Waals surface area (Å²) in [5, 5.41) is 10.3. The van der Waals surface area contributed by atoms with Crippen LogP contribution in [0, 0.1) is 19.8 Å². The highest BCUT2D eigenvalue weighted by Gasteiger charge is 2.32. The Hall–Kier alpha value is -1.79. The van der Waals surface area contributed by atoms with Crippen molar-refractivity contribution in [2.24, 2.45) is 13.0 Å². The Morgan fingerprint density at radius 1 is 1.27 bits per heavy atom. The lowest BCUT2D eigenvalue weighted by Gasteiger charge is -2.15. The van der Waals surface area contributed by atoms with Crippen LogP contribution in [0.15, 0.2) is 18.6 Å². The van der Waals surface area contributed by atoms with Crippen LogP contribution in [0.3, 0.4) is 0 Å². The monoisotopic (exact) mass is 301 g/mol. The minimum atomic E-state index is -0.315. The standard InChI is InChI=1S/C16H23N5O/c1-11-12(2)20(3)16(19-11)10-21-8-13(15(22)9-21)6-14-7-17-4-5-18-14/h4-5,7,13,15,22H,6,8-10H2,1-3H3/t13-,15-/m1/s1. The SMILES string of the molecule is Cc1nc(CN2C[C@@H](Cc3cnccn3)[C@H](O)C2)n(C)c1C. The van der Waals surface area contributed by atoms with Gasteiger partial charge >= 0.3 is 0 Å². The summed E-state index contributed by atoms with van der Waals surface area (Å²) in [4.78, 5) is 15.3. The molecule has 2 aromatic rings. The molecule has 1 aliphatic heterocycles. The minimum Gasteiger partial charge on any atom is -0.391 e. The molecule has 6 heteroatoms. The summed E-state index contributed by atoms with van der Waals surface area (Å²) in [5.41, 5.74) is 3.22. The van der Waals surface area contributed by atoms with Crippen molar-refractivity contribution in [1.29, 1.82) is 0 Å². The molecule has 0 bridgehead atoms. The third kappa shape index (κ3) is 3.03. The van der Waals surface area contributed by atoms with E-state index >= 15 is 0 Å². The van der Waals surface area contributed by atoms with E-state index < -0.39 is 0 Å². The zero-order valence-corrected chi connectivity index (χ0v) is 13.4. The summed E-state index contributed by atoms with van der Waals surface area (Å²) >= 11 is 0. The highest BCUT2D eigenvalue weighted by Crippen LogP contribution is 2.22. The lowest BCUT2D eigenvalue weighted by atomic mass is 10.0. The zero-order chi connectivity index (χ0) is 15.7. The van der Waals surface area contributed by atoms with Crippen molar-refractivity contribution in [1.82, 2.24) is 24.4 Å². The maximum atomic E-state index is 10.3. The smallest absolute Gasteiger partial charge is 0.123 e. The van der Waals surface area contributed by atoms with Gasteiger partial charge in [-0.15, -0.1) is 0 Å². The number of rotatable bonds is 4. The van der Waals surface area contributed by atoms with Crippen LogP contribution in [0.2, 0.25) is 0 Å². The van der Waals surface area contributed by atoms with Gasteiger partial charge in [0.2, 0.25) is 0 Å². The molecule has 0 unspecified atom stereocenters. The van der Waals surface area contributed by atoms with Gasteiger partial charge in [-0.3, -0.25) is 14.9 Å². The summed E-state index contributed by atoms with van der Waals surface area (Å²) in [5.74, 6) is 1.27. The molecule has 1 aliphatic rings. The molecule has 0 spiro atoms. The summed E-state index contributed by atoms with van der Waals surface area (Å²) in [6.07, 6.45) is 5.61. The molecule has 0 radical (unpaired) electrons. The third-order valence-electron chi connectivity index (χ3n) is 4.65. The van der Waals surface area contributed by atoms with Crippen molar-refractivity contribution in [2.45, 2.75) is 32.9 Å². The van der Waals surface area contributed by atoms with Gasteiger partial charge in [-0.1, -0.05) is 0 Å². The van der Waals surface area contributed by atoms with Crippen molar-refractivity contribution in [2.75, 3.05) is 13.1 Å². The molecule has 2 atom stereocenters. The van der Waals surface area contributed by atoms with Crippen LogP contribution in [0.5, 0.6) is 0 Å². The average Bonchev–Trinajstić information content (AvgIpc) is 2.96. The Balaban J connectivity index is 1.64. The topological polar surface area (TPSA) is 67.1 Å². The molecule has 0 saturated carbocycles. The number of aryl methyl sites for hydroxylation is 1. The Morgan fingerprint density at radius 2 is 2.09 bits per heavy atom. The van der Waals surface area contributed by atoms with Gasteiger partial charge in [0.15, 0.2) is 0 Å². The van der Waals surface area contributed by atoms with E-state index in [0.717, 1.165) is 36.7 Å². The number of β-amino-alcohol motifs (C(OH)–C–C–N with tert-alkyl or cyclic N) is 1. The lowest BCUT2D eigenvalue weighted by Crippen LogP contribution is -2.23. The van der Waals surface area contributed by atoms with Crippen molar-refractivity contribution >= 4 is 0 Å². The van der Waals surface area contributed by atoms with Gasteiger partial charge in [0.1, 0.15) is 5.82 Å². The maximum absolute atomic E-state index is 10.3. The number of hydrogen-bond acceptors (Lipinski definition) is 5. The number of aromatic nitrogens is 4. The fourth-order valence-corrected chi connectivity index (χ4v) is 3.10. The van der Waals surface area contributed by atoms with Crippen LogP contribution in [-0.2, 0) is 20.0 Å². The van der Waals surface area contributed by atoms with Crippen molar-refractivity contribution in [3.63, 3.8) is 0 Å². The van der Waals surface area contributed by atoms with Gasteiger partial charge in [0, 0.05) is 50.3 Å². The van der Waals surface area contributed by atoms with Crippen LogP contribution >= 0.6 is 0 Å². The lowest BCUT2D eigenvalue weighted by molar-refractivity contribution is 0.140. The Kier molecular flexibility index (Phi) is 4.22. The van der Waals surface area contributed by atoms with Gasteiger partial charge in [0.25, 0.3) is 0 Å². The molecule has 3 heterocycles. The second-order valence-corrected chi connectivity index (χ2v) is 6.18. The van der Waals surface area contributed by atoms with Crippen molar-refractivity contribution in [3.8, 4) is 0 Å². The first kappa shape index (κ1) is 15.1. The van der Waals surface area contributed by atoms with Crippen molar-refractivity contribution < 1.29 is 5.11 Å². The summed E-state index contributed by atoms with van der Waals surface area (Å²) in [7, 11) is 2.05. The molecular formula is C16H23N5O. The van der Waals surface area contributed by atoms with Gasteiger partial charge in [-0.2, -0.15) is 0 Å². The van der Waals surface area contributed by atoms with Crippen LogP contribution in [0.1, 0.15) is 22.9 Å². The van der Waals surface area contributed by atoms with Crippen LogP contribution in [-0.4, -0.2) is 48.7 Å².